The average Bonchev–Trinajstić information content (AvgIpc) is 2.87. The number of hydrogen-bond acceptors (Lipinski definition) is 2. The molecule has 1 fully saturated rings. The summed E-state index contributed by atoms with van der Waals surface area (Å²) >= 11 is 3.42. The standard InChI is InChI=1S/C17H21BrO2/c1-11(2)8-14-15(17(14,3)4)16(19)20-10-12-6-5-7-13(18)9-12/h5-9,14-15H,10H2,1-4H3. The third kappa shape index (κ3) is 3.32. The summed E-state index contributed by atoms with van der Waals surface area (Å²) < 4.78 is 6.47. The molecule has 0 spiro atoms. The van der Waals surface area contributed by atoms with E-state index in [1.807, 2.05) is 24.3 Å². The van der Waals surface area contributed by atoms with Crippen molar-refractivity contribution < 1.29 is 9.53 Å². The number of halogens is 1. The van der Waals surface area contributed by atoms with Crippen molar-refractivity contribution in [3.63, 3.8) is 0 Å². The molecule has 1 aromatic rings. The van der Waals surface area contributed by atoms with E-state index in [0.29, 0.717) is 12.5 Å². The van der Waals surface area contributed by atoms with Crippen molar-refractivity contribution in [3.8, 4) is 0 Å². The Hall–Kier alpha value is -1.09. The van der Waals surface area contributed by atoms with E-state index in [-0.39, 0.29) is 17.3 Å². The molecular formula is C17H21BrO2. The predicted molar refractivity (Wildman–Crippen MR) is 84.1 cm³/mol. The van der Waals surface area contributed by atoms with Gasteiger partial charge >= 0.3 is 5.97 Å². The van der Waals surface area contributed by atoms with Gasteiger partial charge in [0.25, 0.3) is 0 Å². The van der Waals surface area contributed by atoms with Crippen LogP contribution in [0.5, 0.6) is 0 Å². The van der Waals surface area contributed by atoms with Crippen molar-refractivity contribution in [1.29, 1.82) is 0 Å². The average molecular weight is 337 g/mol. The molecule has 108 valence electrons. The molecule has 0 heterocycles. The Balaban J connectivity index is 1.95. The first-order valence-electron chi connectivity index (χ1n) is 6.88. The topological polar surface area (TPSA) is 26.3 Å². The molecule has 0 amide bonds. The smallest absolute Gasteiger partial charge is 0.310 e. The van der Waals surface area contributed by atoms with Gasteiger partial charge in [0.1, 0.15) is 6.61 Å². The molecule has 0 bridgehead atoms. The number of rotatable bonds is 4. The number of ether oxygens (including phenoxy) is 1. The fourth-order valence-electron chi connectivity index (χ4n) is 2.67. The van der Waals surface area contributed by atoms with Gasteiger partial charge in [-0.1, -0.05) is 53.6 Å². The summed E-state index contributed by atoms with van der Waals surface area (Å²) in [7, 11) is 0. The summed E-state index contributed by atoms with van der Waals surface area (Å²) in [6, 6.07) is 7.84. The fourth-order valence-corrected chi connectivity index (χ4v) is 3.12. The van der Waals surface area contributed by atoms with Crippen molar-refractivity contribution in [3.05, 3.63) is 46.0 Å². The van der Waals surface area contributed by atoms with E-state index in [1.54, 1.807) is 0 Å². The zero-order valence-corrected chi connectivity index (χ0v) is 14.0. The molecule has 0 aromatic heterocycles. The van der Waals surface area contributed by atoms with Crippen LogP contribution in [-0.2, 0) is 16.1 Å². The van der Waals surface area contributed by atoms with E-state index in [1.165, 1.54) is 5.57 Å². The van der Waals surface area contributed by atoms with Crippen LogP contribution in [0.4, 0.5) is 0 Å². The second-order valence-electron chi connectivity index (χ2n) is 6.31. The van der Waals surface area contributed by atoms with Crippen LogP contribution in [0.2, 0.25) is 0 Å². The van der Waals surface area contributed by atoms with Crippen LogP contribution in [0.3, 0.4) is 0 Å². The number of benzene rings is 1. The predicted octanol–water partition coefficient (Wildman–Crippen LogP) is 4.73. The third-order valence-corrected chi connectivity index (χ3v) is 4.44. The molecule has 2 atom stereocenters. The number of allylic oxidation sites excluding steroid dienone is 2. The lowest BCUT2D eigenvalue weighted by Crippen LogP contribution is -2.10. The van der Waals surface area contributed by atoms with Gasteiger partial charge in [-0.15, -0.1) is 0 Å². The van der Waals surface area contributed by atoms with Gasteiger partial charge in [0.15, 0.2) is 0 Å². The minimum Gasteiger partial charge on any atom is -0.461 e. The normalized spacial score (nSPS) is 23.1. The highest BCUT2D eigenvalue weighted by Crippen LogP contribution is 2.59. The van der Waals surface area contributed by atoms with Crippen LogP contribution in [0, 0.1) is 17.3 Å². The lowest BCUT2D eigenvalue weighted by molar-refractivity contribution is -0.147. The van der Waals surface area contributed by atoms with Gasteiger partial charge in [-0.05, 0) is 42.9 Å². The first-order chi connectivity index (χ1) is 9.32. The molecule has 1 aliphatic carbocycles. The van der Waals surface area contributed by atoms with Crippen molar-refractivity contribution in [2.45, 2.75) is 34.3 Å². The Morgan fingerprint density at radius 2 is 2.10 bits per heavy atom. The van der Waals surface area contributed by atoms with Crippen LogP contribution in [0.1, 0.15) is 33.3 Å². The summed E-state index contributed by atoms with van der Waals surface area (Å²) in [5, 5.41) is 0. The van der Waals surface area contributed by atoms with Crippen LogP contribution < -0.4 is 0 Å². The van der Waals surface area contributed by atoms with E-state index in [0.717, 1.165) is 10.0 Å². The van der Waals surface area contributed by atoms with Crippen molar-refractivity contribution >= 4 is 21.9 Å². The first kappa shape index (κ1) is 15.3. The second kappa shape index (κ2) is 5.72. The van der Waals surface area contributed by atoms with E-state index in [4.69, 9.17) is 4.74 Å². The van der Waals surface area contributed by atoms with Crippen molar-refractivity contribution in [2.75, 3.05) is 0 Å². The molecule has 0 saturated heterocycles. The van der Waals surface area contributed by atoms with Gasteiger partial charge in [0.05, 0.1) is 5.92 Å². The molecule has 20 heavy (non-hydrogen) atoms. The lowest BCUT2D eigenvalue weighted by atomic mass is 10.1. The van der Waals surface area contributed by atoms with Gasteiger partial charge in [-0.3, -0.25) is 4.79 Å². The highest BCUT2D eigenvalue weighted by Gasteiger charge is 2.61. The van der Waals surface area contributed by atoms with Crippen LogP contribution in [0.15, 0.2) is 40.4 Å². The maximum Gasteiger partial charge on any atom is 0.310 e. The zero-order chi connectivity index (χ0) is 14.9. The zero-order valence-electron chi connectivity index (χ0n) is 12.4. The summed E-state index contributed by atoms with van der Waals surface area (Å²) in [6.45, 7) is 8.73. The molecule has 0 radical (unpaired) electrons. The van der Waals surface area contributed by atoms with Crippen molar-refractivity contribution in [2.24, 2.45) is 17.3 Å². The highest BCUT2D eigenvalue weighted by atomic mass is 79.9. The molecule has 0 N–H and O–H groups in total. The Morgan fingerprint density at radius 1 is 1.40 bits per heavy atom. The molecule has 0 aliphatic heterocycles. The Kier molecular flexibility index (Phi) is 4.38. The molecule has 1 saturated carbocycles. The minimum atomic E-state index is -0.0857. The Morgan fingerprint density at radius 3 is 2.70 bits per heavy atom. The van der Waals surface area contributed by atoms with E-state index < -0.39 is 0 Å². The summed E-state index contributed by atoms with van der Waals surface area (Å²) in [5.74, 6) is 0.213. The second-order valence-corrected chi connectivity index (χ2v) is 7.22. The lowest BCUT2D eigenvalue weighted by Gasteiger charge is -2.06. The highest BCUT2D eigenvalue weighted by molar-refractivity contribution is 9.10. The fraction of sp³-hybridized carbons (Fsp3) is 0.471. The molecule has 1 aliphatic rings. The van der Waals surface area contributed by atoms with E-state index >= 15 is 0 Å². The minimum absolute atomic E-state index is 0.00967. The first-order valence-corrected chi connectivity index (χ1v) is 7.68. The molecule has 2 nitrogen and oxygen atoms in total. The Bertz CT molecular complexity index is 542. The largest absolute Gasteiger partial charge is 0.461 e. The molecular weight excluding hydrogens is 316 g/mol. The maximum atomic E-state index is 12.2. The Labute approximate surface area is 129 Å². The van der Waals surface area contributed by atoms with Crippen molar-refractivity contribution in [1.82, 2.24) is 0 Å². The summed E-state index contributed by atoms with van der Waals surface area (Å²) in [5.41, 5.74) is 2.28. The number of carbonyl (C=O) groups excluding carboxylic acids is 1. The number of esters is 1. The van der Waals surface area contributed by atoms with Gasteiger partial charge in [0.2, 0.25) is 0 Å². The molecule has 2 unspecified atom stereocenters. The van der Waals surface area contributed by atoms with Gasteiger partial charge in [0, 0.05) is 4.47 Å². The van der Waals surface area contributed by atoms with Crippen LogP contribution >= 0.6 is 15.9 Å². The van der Waals surface area contributed by atoms with E-state index in [9.17, 15) is 4.79 Å². The molecule has 3 heteroatoms. The molecule has 1 aromatic carbocycles. The maximum absolute atomic E-state index is 12.2. The molecule has 2 rings (SSSR count). The van der Waals surface area contributed by atoms with Crippen LogP contribution in [-0.4, -0.2) is 5.97 Å². The van der Waals surface area contributed by atoms with Crippen LogP contribution in [0.25, 0.3) is 0 Å². The quantitative estimate of drug-likeness (QED) is 0.586. The number of carbonyl (C=O) groups is 1. The SMILES string of the molecule is CC(C)=CC1C(C(=O)OCc2cccc(Br)c2)C1(C)C. The van der Waals surface area contributed by atoms with Gasteiger partial charge in [-0.2, -0.15) is 0 Å². The third-order valence-electron chi connectivity index (χ3n) is 3.95. The van der Waals surface area contributed by atoms with E-state index in [2.05, 4.69) is 49.7 Å². The summed E-state index contributed by atoms with van der Waals surface area (Å²) in [4.78, 5) is 12.2. The number of hydrogen-bond donors (Lipinski definition) is 0. The summed E-state index contributed by atoms with van der Waals surface area (Å²) in [6.07, 6.45) is 2.19. The van der Waals surface area contributed by atoms with Gasteiger partial charge in [-0.25, -0.2) is 0 Å². The van der Waals surface area contributed by atoms with Gasteiger partial charge < -0.3 is 4.74 Å². The monoisotopic (exact) mass is 336 g/mol.